The summed E-state index contributed by atoms with van der Waals surface area (Å²) in [7, 11) is -3.76. The van der Waals surface area contributed by atoms with Crippen molar-refractivity contribution in [1.82, 2.24) is 14.6 Å². The molecular formula is C17H18FN3O3S. The molecule has 0 atom stereocenters. The predicted octanol–water partition coefficient (Wildman–Crippen LogP) is 1.69. The molecule has 132 valence electrons. The number of aromatic nitrogens is 1. The number of nitrogens with zero attached hydrogens (tertiary/aromatic N) is 2. The van der Waals surface area contributed by atoms with Crippen molar-refractivity contribution >= 4 is 15.9 Å². The summed E-state index contributed by atoms with van der Waals surface area (Å²) in [4.78, 5) is 16.1. The van der Waals surface area contributed by atoms with Gasteiger partial charge in [0, 0.05) is 25.0 Å². The number of pyridine rings is 1. The topological polar surface area (TPSA) is 79.4 Å². The van der Waals surface area contributed by atoms with Crippen LogP contribution in [-0.2, 0) is 21.4 Å². The van der Waals surface area contributed by atoms with Crippen molar-refractivity contribution in [1.29, 1.82) is 0 Å². The van der Waals surface area contributed by atoms with Gasteiger partial charge < -0.3 is 5.32 Å². The maximum atomic E-state index is 12.9. The summed E-state index contributed by atoms with van der Waals surface area (Å²) in [6.07, 6.45) is 4.26. The lowest BCUT2D eigenvalue weighted by Crippen LogP contribution is -2.41. The smallest absolute Gasteiger partial charge is 0.245 e. The van der Waals surface area contributed by atoms with E-state index < -0.39 is 15.9 Å². The molecule has 0 aliphatic heterocycles. The van der Waals surface area contributed by atoms with E-state index in [0.29, 0.717) is 0 Å². The Kier molecular flexibility index (Phi) is 5.10. The Balaban J connectivity index is 1.66. The molecule has 0 radical (unpaired) electrons. The highest BCUT2D eigenvalue weighted by atomic mass is 32.2. The molecule has 1 amide bonds. The van der Waals surface area contributed by atoms with Gasteiger partial charge in [-0.2, -0.15) is 4.31 Å². The Labute approximate surface area is 145 Å². The largest absolute Gasteiger partial charge is 0.351 e. The lowest BCUT2D eigenvalue weighted by molar-refractivity contribution is -0.121. The zero-order chi connectivity index (χ0) is 17.9. The van der Waals surface area contributed by atoms with Gasteiger partial charge in [0.2, 0.25) is 15.9 Å². The number of hydrogen-bond acceptors (Lipinski definition) is 4. The minimum atomic E-state index is -3.76. The first-order chi connectivity index (χ1) is 12.0. The molecule has 1 saturated carbocycles. The molecule has 1 aliphatic rings. The molecule has 8 heteroatoms. The Bertz CT molecular complexity index is 837. The normalized spacial score (nSPS) is 14.5. The number of carbonyl (C=O) groups excluding carboxylic acids is 1. The van der Waals surface area contributed by atoms with Gasteiger partial charge in [0.25, 0.3) is 0 Å². The Morgan fingerprint density at radius 2 is 1.96 bits per heavy atom. The van der Waals surface area contributed by atoms with Gasteiger partial charge in [0.1, 0.15) is 10.7 Å². The van der Waals surface area contributed by atoms with Crippen LogP contribution in [0.15, 0.2) is 53.7 Å². The van der Waals surface area contributed by atoms with Gasteiger partial charge in [-0.05, 0) is 42.7 Å². The molecule has 0 saturated heterocycles. The van der Waals surface area contributed by atoms with Crippen LogP contribution in [-0.4, -0.2) is 36.2 Å². The monoisotopic (exact) mass is 363 g/mol. The first-order valence-electron chi connectivity index (χ1n) is 7.90. The molecule has 1 fully saturated rings. The molecule has 1 aliphatic carbocycles. The zero-order valence-electron chi connectivity index (χ0n) is 13.4. The highest BCUT2D eigenvalue weighted by Gasteiger charge is 2.39. The molecule has 25 heavy (non-hydrogen) atoms. The van der Waals surface area contributed by atoms with Gasteiger partial charge in [-0.1, -0.05) is 12.1 Å². The third-order valence-corrected chi connectivity index (χ3v) is 5.78. The van der Waals surface area contributed by atoms with Gasteiger partial charge >= 0.3 is 0 Å². The fraction of sp³-hybridized carbons (Fsp3) is 0.294. The Morgan fingerprint density at radius 1 is 1.24 bits per heavy atom. The maximum absolute atomic E-state index is 12.9. The third-order valence-electron chi connectivity index (χ3n) is 3.90. The van der Waals surface area contributed by atoms with Crippen LogP contribution in [0.5, 0.6) is 0 Å². The van der Waals surface area contributed by atoms with Gasteiger partial charge in [-0.3, -0.25) is 9.78 Å². The lowest BCUT2D eigenvalue weighted by Gasteiger charge is -2.21. The summed E-state index contributed by atoms with van der Waals surface area (Å²) < 4.78 is 39.6. The van der Waals surface area contributed by atoms with Gasteiger partial charge in [-0.25, -0.2) is 12.8 Å². The minimum Gasteiger partial charge on any atom is -0.351 e. The van der Waals surface area contributed by atoms with Crippen LogP contribution in [0, 0.1) is 5.82 Å². The minimum absolute atomic E-state index is 0.0771. The molecule has 0 bridgehead atoms. The number of amides is 1. The van der Waals surface area contributed by atoms with Crippen molar-refractivity contribution in [3.63, 3.8) is 0 Å². The van der Waals surface area contributed by atoms with E-state index >= 15 is 0 Å². The fourth-order valence-corrected chi connectivity index (χ4v) is 4.01. The van der Waals surface area contributed by atoms with Crippen molar-refractivity contribution < 1.29 is 17.6 Å². The van der Waals surface area contributed by atoms with Gasteiger partial charge in [0.15, 0.2) is 0 Å². The first-order valence-corrected chi connectivity index (χ1v) is 9.34. The molecule has 1 N–H and O–H groups in total. The maximum Gasteiger partial charge on any atom is 0.245 e. The van der Waals surface area contributed by atoms with Crippen LogP contribution < -0.4 is 5.32 Å². The predicted molar refractivity (Wildman–Crippen MR) is 89.4 cm³/mol. The summed E-state index contributed by atoms with van der Waals surface area (Å²) in [6, 6.07) is 8.62. The quantitative estimate of drug-likeness (QED) is 0.812. The van der Waals surface area contributed by atoms with E-state index in [0.717, 1.165) is 18.4 Å². The average molecular weight is 363 g/mol. The number of carbonyl (C=O) groups is 1. The van der Waals surface area contributed by atoms with E-state index in [2.05, 4.69) is 10.3 Å². The van der Waals surface area contributed by atoms with Crippen LogP contribution in [0.3, 0.4) is 0 Å². The first kappa shape index (κ1) is 17.5. The van der Waals surface area contributed by atoms with E-state index in [-0.39, 0.29) is 29.8 Å². The Hall–Kier alpha value is -2.32. The standard InChI is InChI=1S/C17H18FN3O3S/c18-14-5-3-13(4-6-14)10-20-17(22)12-21(15-7-8-15)25(23,24)16-2-1-9-19-11-16/h1-6,9,11,15H,7-8,10,12H2,(H,20,22). The van der Waals surface area contributed by atoms with Crippen molar-refractivity contribution in [2.24, 2.45) is 0 Å². The zero-order valence-corrected chi connectivity index (χ0v) is 14.2. The number of halogens is 1. The molecule has 1 aromatic carbocycles. The number of benzene rings is 1. The van der Waals surface area contributed by atoms with E-state index in [1.165, 1.54) is 34.9 Å². The molecule has 1 heterocycles. The second-order valence-corrected chi connectivity index (χ2v) is 7.76. The summed E-state index contributed by atoms with van der Waals surface area (Å²) in [5.41, 5.74) is 0.739. The van der Waals surface area contributed by atoms with E-state index in [9.17, 15) is 17.6 Å². The van der Waals surface area contributed by atoms with Gasteiger partial charge in [-0.15, -0.1) is 0 Å². The summed E-state index contributed by atoms with van der Waals surface area (Å²) >= 11 is 0. The highest BCUT2D eigenvalue weighted by molar-refractivity contribution is 7.89. The Morgan fingerprint density at radius 3 is 2.56 bits per heavy atom. The average Bonchev–Trinajstić information content (AvgIpc) is 3.44. The molecule has 0 unspecified atom stereocenters. The lowest BCUT2D eigenvalue weighted by atomic mass is 10.2. The molecule has 3 rings (SSSR count). The summed E-state index contributed by atoms with van der Waals surface area (Å²) in [6.45, 7) is -0.0341. The number of nitrogens with one attached hydrogen (secondary N) is 1. The highest BCUT2D eigenvalue weighted by Crippen LogP contribution is 2.31. The van der Waals surface area contributed by atoms with Crippen molar-refractivity contribution in [2.45, 2.75) is 30.3 Å². The van der Waals surface area contributed by atoms with E-state index in [4.69, 9.17) is 0 Å². The van der Waals surface area contributed by atoms with Crippen LogP contribution in [0.25, 0.3) is 0 Å². The SMILES string of the molecule is O=C(CN(C1CC1)S(=O)(=O)c1cccnc1)NCc1ccc(F)cc1. The van der Waals surface area contributed by atoms with Crippen LogP contribution in [0.1, 0.15) is 18.4 Å². The summed E-state index contributed by atoms with van der Waals surface area (Å²) in [5, 5.41) is 2.67. The molecule has 1 aromatic heterocycles. The fourth-order valence-electron chi connectivity index (χ4n) is 2.41. The van der Waals surface area contributed by atoms with Crippen molar-refractivity contribution in [3.05, 3.63) is 60.2 Å². The summed E-state index contributed by atoms with van der Waals surface area (Å²) in [5.74, 6) is -0.749. The van der Waals surface area contributed by atoms with E-state index in [1.807, 2.05) is 0 Å². The van der Waals surface area contributed by atoms with Crippen molar-refractivity contribution in [2.75, 3.05) is 6.54 Å². The number of rotatable bonds is 7. The van der Waals surface area contributed by atoms with Crippen LogP contribution >= 0.6 is 0 Å². The number of hydrogen-bond donors (Lipinski definition) is 1. The molecule has 0 spiro atoms. The molecular weight excluding hydrogens is 345 g/mol. The van der Waals surface area contributed by atoms with E-state index in [1.54, 1.807) is 18.2 Å². The molecule has 2 aromatic rings. The number of sulfonamides is 1. The second-order valence-electron chi connectivity index (χ2n) is 5.87. The molecule has 6 nitrogen and oxygen atoms in total. The third kappa shape index (κ3) is 4.40. The van der Waals surface area contributed by atoms with Gasteiger partial charge in [0.05, 0.1) is 6.54 Å². The van der Waals surface area contributed by atoms with Crippen molar-refractivity contribution in [3.8, 4) is 0 Å². The van der Waals surface area contributed by atoms with Crippen LogP contribution in [0.4, 0.5) is 4.39 Å². The second kappa shape index (κ2) is 7.28. The van der Waals surface area contributed by atoms with Crippen LogP contribution in [0.2, 0.25) is 0 Å².